The average molecular weight is 469 g/mol. The van der Waals surface area contributed by atoms with Gasteiger partial charge < -0.3 is 14.2 Å². The molecule has 4 heterocycles. The average Bonchev–Trinajstić information content (AvgIpc) is 3.49. The Hall–Kier alpha value is -3.94. The lowest BCUT2D eigenvalue weighted by atomic mass is 9.82. The van der Waals surface area contributed by atoms with Gasteiger partial charge in [0.1, 0.15) is 11.5 Å². The van der Waals surface area contributed by atoms with Gasteiger partial charge in [0.05, 0.1) is 29.7 Å². The summed E-state index contributed by atoms with van der Waals surface area (Å²) in [6, 6.07) is 15.0. The Labute approximate surface area is 204 Å². The topological polar surface area (TPSA) is 80.3 Å². The zero-order chi connectivity index (χ0) is 24.1. The molecule has 2 aliphatic rings. The molecule has 0 unspecified atom stereocenters. The first-order chi connectivity index (χ1) is 17.0. The fourth-order valence-corrected chi connectivity index (χ4v) is 5.27. The number of rotatable bonds is 4. The van der Waals surface area contributed by atoms with Crippen LogP contribution in [0.1, 0.15) is 33.7 Å². The molecule has 0 radical (unpaired) electrons. The molecule has 1 amide bonds. The van der Waals surface area contributed by atoms with Crippen molar-refractivity contribution in [3.8, 4) is 16.9 Å². The number of fused-ring (bicyclic) bond motifs is 1. The molecule has 2 atom stereocenters. The van der Waals surface area contributed by atoms with Crippen LogP contribution in [0, 0.1) is 26.7 Å². The summed E-state index contributed by atoms with van der Waals surface area (Å²) in [4.78, 5) is 24.2. The predicted molar refractivity (Wildman–Crippen MR) is 133 cm³/mol. The first-order valence-corrected chi connectivity index (χ1v) is 12.1. The van der Waals surface area contributed by atoms with E-state index < -0.39 is 0 Å². The molecule has 6 rings (SSSR count). The molecule has 2 saturated heterocycles. The second-order valence-corrected chi connectivity index (χ2v) is 9.63. The van der Waals surface area contributed by atoms with Gasteiger partial charge in [0.25, 0.3) is 11.9 Å². The van der Waals surface area contributed by atoms with Crippen LogP contribution in [-0.4, -0.2) is 56.5 Å². The maximum atomic E-state index is 13.7. The maximum absolute atomic E-state index is 13.7. The number of amides is 1. The van der Waals surface area contributed by atoms with E-state index in [9.17, 15) is 4.79 Å². The van der Waals surface area contributed by atoms with Crippen molar-refractivity contribution in [3.05, 3.63) is 77.3 Å². The summed E-state index contributed by atoms with van der Waals surface area (Å²) in [7, 11) is 0. The number of benzene rings is 2. The molecule has 2 aromatic heterocycles. The van der Waals surface area contributed by atoms with Gasteiger partial charge >= 0.3 is 0 Å². The van der Waals surface area contributed by atoms with Crippen LogP contribution in [-0.2, 0) is 0 Å². The Morgan fingerprint density at radius 3 is 2.60 bits per heavy atom. The molecule has 35 heavy (non-hydrogen) atoms. The molecule has 8 nitrogen and oxygen atoms in total. The highest BCUT2D eigenvalue weighted by molar-refractivity contribution is 5.98. The number of anilines is 1. The van der Waals surface area contributed by atoms with Crippen LogP contribution in [0.15, 0.2) is 59.3 Å². The molecule has 2 aromatic carbocycles. The number of aryl methyl sites for hydroxylation is 3. The number of aromatic nitrogens is 4. The van der Waals surface area contributed by atoms with E-state index in [1.165, 1.54) is 10.4 Å². The number of likely N-dealkylation sites (tertiary alicyclic amines) is 1. The molecule has 8 heteroatoms. The van der Waals surface area contributed by atoms with Gasteiger partial charge in [-0.25, -0.2) is 0 Å². The second kappa shape index (κ2) is 8.37. The summed E-state index contributed by atoms with van der Waals surface area (Å²) in [5.74, 6) is 1.36. The SMILES string of the molecule is Cc1cccc(-c2nc(N3C[C@@H]4CCN(C(=O)c5cc(C)ccc5-n5nccn5)C[C@H]43)oc2C)c1. The van der Waals surface area contributed by atoms with E-state index in [1.807, 2.05) is 43.0 Å². The van der Waals surface area contributed by atoms with Crippen LogP contribution in [0.3, 0.4) is 0 Å². The van der Waals surface area contributed by atoms with E-state index >= 15 is 0 Å². The van der Waals surface area contributed by atoms with Crippen molar-refractivity contribution in [2.75, 3.05) is 24.5 Å². The summed E-state index contributed by atoms with van der Waals surface area (Å²) in [6.07, 6.45) is 4.21. The number of hydrogen-bond donors (Lipinski definition) is 0. The van der Waals surface area contributed by atoms with Crippen molar-refractivity contribution in [2.45, 2.75) is 33.2 Å². The first-order valence-electron chi connectivity index (χ1n) is 12.1. The van der Waals surface area contributed by atoms with Crippen molar-refractivity contribution in [2.24, 2.45) is 5.92 Å². The minimum Gasteiger partial charge on any atom is -0.428 e. The summed E-state index contributed by atoms with van der Waals surface area (Å²) < 4.78 is 6.12. The summed E-state index contributed by atoms with van der Waals surface area (Å²) in [5.41, 5.74) is 5.49. The molecule has 0 aliphatic carbocycles. The molecule has 4 aromatic rings. The summed E-state index contributed by atoms with van der Waals surface area (Å²) >= 11 is 0. The van der Waals surface area contributed by atoms with E-state index in [-0.39, 0.29) is 11.9 Å². The lowest BCUT2D eigenvalue weighted by molar-refractivity contribution is 0.0582. The van der Waals surface area contributed by atoms with E-state index in [4.69, 9.17) is 9.40 Å². The molecular formula is C27H28N6O2. The van der Waals surface area contributed by atoms with Crippen molar-refractivity contribution in [3.63, 3.8) is 0 Å². The van der Waals surface area contributed by atoms with E-state index in [0.29, 0.717) is 29.7 Å². The summed E-state index contributed by atoms with van der Waals surface area (Å²) in [5, 5.41) is 8.48. The minimum absolute atomic E-state index is 0.00957. The normalized spacial score (nSPS) is 19.4. The highest BCUT2D eigenvalue weighted by Crippen LogP contribution is 2.38. The second-order valence-electron chi connectivity index (χ2n) is 9.63. The smallest absolute Gasteiger partial charge is 0.298 e. The van der Waals surface area contributed by atoms with Crippen molar-refractivity contribution >= 4 is 11.9 Å². The first kappa shape index (κ1) is 21.6. The fraction of sp³-hybridized carbons (Fsp3) is 0.333. The maximum Gasteiger partial charge on any atom is 0.298 e. The van der Waals surface area contributed by atoms with Crippen molar-refractivity contribution in [1.82, 2.24) is 24.9 Å². The molecule has 0 N–H and O–H groups in total. The van der Waals surface area contributed by atoms with Crippen LogP contribution in [0.2, 0.25) is 0 Å². The number of hydrogen-bond acceptors (Lipinski definition) is 6. The van der Waals surface area contributed by atoms with Crippen LogP contribution in [0.4, 0.5) is 6.01 Å². The van der Waals surface area contributed by atoms with Crippen molar-refractivity contribution < 1.29 is 9.21 Å². The van der Waals surface area contributed by atoms with E-state index in [2.05, 4.69) is 40.2 Å². The number of oxazole rings is 1. The lowest BCUT2D eigenvalue weighted by Crippen LogP contribution is -2.65. The third kappa shape index (κ3) is 3.79. The van der Waals surface area contributed by atoms with Crippen LogP contribution in [0.25, 0.3) is 16.9 Å². The van der Waals surface area contributed by atoms with E-state index in [1.54, 1.807) is 12.4 Å². The quantitative estimate of drug-likeness (QED) is 0.447. The molecule has 0 spiro atoms. The Balaban J connectivity index is 1.24. The van der Waals surface area contributed by atoms with Gasteiger partial charge in [0.15, 0.2) is 0 Å². The molecule has 178 valence electrons. The number of piperidine rings is 1. The van der Waals surface area contributed by atoms with Gasteiger partial charge in [-0.3, -0.25) is 4.79 Å². The highest BCUT2D eigenvalue weighted by atomic mass is 16.4. The molecule has 2 fully saturated rings. The third-order valence-electron chi connectivity index (χ3n) is 7.18. The van der Waals surface area contributed by atoms with Gasteiger partial charge in [0, 0.05) is 31.1 Å². The molecule has 2 aliphatic heterocycles. The minimum atomic E-state index is 0.00957. The number of carbonyl (C=O) groups is 1. The molecule has 0 saturated carbocycles. The molecular weight excluding hydrogens is 440 g/mol. The van der Waals surface area contributed by atoms with Gasteiger partial charge in [0.2, 0.25) is 0 Å². The van der Waals surface area contributed by atoms with Crippen LogP contribution >= 0.6 is 0 Å². The standard InChI is InChI=1S/C27H28N6O2/c1-17-5-4-6-20(13-17)25-19(3)35-27(30-25)32-15-21-9-12-31(16-24(21)32)26(34)22-14-18(2)7-8-23(22)33-28-10-11-29-33/h4-8,10-11,13-14,21,24H,9,12,15-16H2,1-3H3/t21-,24+/m0/s1. The third-order valence-corrected chi connectivity index (χ3v) is 7.18. The fourth-order valence-electron chi connectivity index (χ4n) is 5.27. The lowest BCUT2D eigenvalue weighted by Gasteiger charge is -2.52. The molecule has 0 bridgehead atoms. The monoisotopic (exact) mass is 468 g/mol. The van der Waals surface area contributed by atoms with Gasteiger partial charge in [-0.2, -0.15) is 20.0 Å². The Morgan fingerprint density at radius 1 is 1.00 bits per heavy atom. The van der Waals surface area contributed by atoms with Crippen LogP contribution in [0.5, 0.6) is 0 Å². The zero-order valence-corrected chi connectivity index (χ0v) is 20.2. The highest BCUT2D eigenvalue weighted by Gasteiger charge is 2.46. The van der Waals surface area contributed by atoms with Crippen molar-refractivity contribution in [1.29, 1.82) is 0 Å². The number of nitrogens with zero attached hydrogens (tertiary/aromatic N) is 6. The Morgan fingerprint density at radius 2 is 1.80 bits per heavy atom. The van der Waals surface area contributed by atoms with E-state index in [0.717, 1.165) is 42.1 Å². The van der Waals surface area contributed by atoms with Crippen LogP contribution < -0.4 is 4.90 Å². The number of carbonyl (C=O) groups excluding carboxylic acids is 1. The van der Waals surface area contributed by atoms with Gasteiger partial charge in [-0.15, -0.1) is 0 Å². The summed E-state index contributed by atoms with van der Waals surface area (Å²) in [6.45, 7) is 8.33. The van der Waals surface area contributed by atoms with Gasteiger partial charge in [-0.05, 0) is 45.4 Å². The Kier molecular flexibility index (Phi) is 5.16. The zero-order valence-electron chi connectivity index (χ0n) is 20.2. The largest absolute Gasteiger partial charge is 0.428 e. The predicted octanol–water partition coefficient (Wildman–Crippen LogP) is 4.20. The Bertz CT molecular complexity index is 1390. The van der Waals surface area contributed by atoms with Gasteiger partial charge in [-0.1, -0.05) is 35.4 Å².